The number of carbonyl (C=O) groups excluding carboxylic acids is 1. The number of piperazine rings is 1. The zero-order chi connectivity index (χ0) is 19.8. The van der Waals surface area contributed by atoms with Crippen molar-refractivity contribution in [1.82, 2.24) is 15.2 Å². The summed E-state index contributed by atoms with van der Waals surface area (Å²) < 4.78 is 0. The molecule has 0 spiro atoms. The minimum absolute atomic E-state index is 0.00298. The van der Waals surface area contributed by atoms with E-state index in [1.807, 2.05) is 18.2 Å². The maximum Gasteiger partial charge on any atom is 0.269 e. The van der Waals surface area contributed by atoms with Gasteiger partial charge < -0.3 is 15.5 Å². The molecule has 9 heteroatoms. The maximum absolute atomic E-state index is 12.1. The van der Waals surface area contributed by atoms with Crippen molar-refractivity contribution in [2.45, 2.75) is 0 Å². The molecule has 3 rings (SSSR count). The lowest BCUT2D eigenvalue weighted by molar-refractivity contribution is -0.384. The molecule has 1 aromatic heterocycles. The summed E-state index contributed by atoms with van der Waals surface area (Å²) in [6.07, 6.45) is 1.79. The third-order valence-electron chi connectivity index (χ3n) is 4.57. The van der Waals surface area contributed by atoms with Crippen LogP contribution in [0.5, 0.6) is 0 Å². The van der Waals surface area contributed by atoms with Gasteiger partial charge in [-0.15, -0.1) is 0 Å². The number of pyridine rings is 1. The average molecular weight is 384 g/mol. The molecule has 2 aromatic rings. The maximum atomic E-state index is 12.1. The van der Waals surface area contributed by atoms with Gasteiger partial charge in [-0.2, -0.15) is 0 Å². The van der Waals surface area contributed by atoms with Crippen LogP contribution >= 0.6 is 0 Å². The summed E-state index contributed by atoms with van der Waals surface area (Å²) in [5, 5.41) is 16.7. The predicted molar refractivity (Wildman–Crippen MR) is 107 cm³/mol. The molecule has 0 aliphatic carbocycles. The summed E-state index contributed by atoms with van der Waals surface area (Å²) >= 11 is 0. The van der Waals surface area contributed by atoms with Gasteiger partial charge in [0.25, 0.3) is 5.69 Å². The van der Waals surface area contributed by atoms with Crippen LogP contribution in [-0.2, 0) is 4.79 Å². The second-order valence-electron chi connectivity index (χ2n) is 6.53. The number of hydrogen-bond donors (Lipinski definition) is 2. The van der Waals surface area contributed by atoms with Crippen LogP contribution in [-0.4, -0.2) is 66.5 Å². The summed E-state index contributed by atoms with van der Waals surface area (Å²) in [6, 6.07) is 12.1. The van der Waals surface area contributed by atoms with E-state index < -0.39 is 4.92 Å². The molecule has 148 valence electrons. The van der Waals surface area contributed by atoms with Crippen LogP contribution in [0.2, 0.25) is 0 Å². The van der Waals surface area contributed by atoms with E-state index in [1.165, 1.54) is 12.1 Å². The fraction of sp³-hybridized carbons (Fsp3) is 0.368. The van der Waals surface area contributed by atoms with Crippen LogP contribution in [0.1, 0.15) is 0 Å². The number of hydrogen-bond acceptors (Lipinski definition) is 7. The smallest absolute Gasteiger partial charge is 0.269 e. The van der Waals surface area contributed by atoms with Gasteiger partial charge in [0, 0.05) is 63.3 Å². The molecule has 28 heavy (non-hydrogen) atoms. The highest BCUT2D eigenvalue weighted by Crippen LogP contribution is 2.15. The first-order valence-electron chi connectivity index (χ1n) is 9.25. The van der Waals surface area contributed by atoms with E-state index in [0.717, 1.165) is 37.7 Å². The van der Waals surface area contributed by atoms with Gasteiger partial charge >= 0.3 is 0 Å². The number of aromatic nitrogens is 1. The molecule has 1 aliphatic heterocycles. The first-order valence-corrected chi connectivity index (χ1v) is 9.25. The van der Waals surface area contributed by atoms with E-state index in [9.17, 15) is 14.9 Å². The van der Waals surface area contributed by atoms with Gasteiger partial charge in [-0.25, -0.2) is 4.98 Å². The number of amides is 1. The molecule has 0 atom stereocenters. The highest BCUT2D eigenvalue weighted by molar-refractivity contribution is 5.78. The fourth-order valence-electron chi connectivity index (χ4n) is 3.04. The molecule has 1 saturated heterocycles. The Labute approximate surface area is 163 Å². The fourth-order valence-corrected chi connectivity index (χ4v) is 3.04. The van der Waals surface area contributed by atoms with Crippen molar-refractivity contribution in [3.05, 3.63) is 58.8 Å². The van der Waals surface area contributed by atoms with Crippen LogP contribution in [0.25, 0.3) is 0 Å². The number of nitro benzene ring substituents is 1. The molecule has 1 fully saturated rings. The Balaban J connectivity index is 1.31. The topological polar surface area (TPSA) is 104 Å². The summed E-state index contributed by atoms with van der Waals surface area (Å²) in [6.45, 7) is 4.78. The normalized spacial score (nSPS) is 14.5. The number of nitrogens with zero attached hydrogens (tertiary/aromatic N) is 4. The van der Waals surface area contributed by atoms with Crippen molar-refractivity contribution in [1.29, 1.82) is 0 Å². The molecular formula is C19H24N6O3. The Kier molecular flexibility index (Phi) is 6.74. The lowest BCUT2D eigenvalue weighted by Gasteiger charge is -2.34. The molecule has 0 radical (unpaired) electrons. The van der Waals surface area contributed by atoms with Gasteiger partial charge in [0.15, 0.2) is 0 Å². The zero-order valence-corrected chi connectivity index (χ0v) is 15.6. The number of non-ortho nitro benzene ring substituents is 1. The largest absolute Gasteiger partial charge is 0.383 e. The lowest BCUT2D eigenvalue weighted by atomic mass is 10.3. The Bertz CT molecular complexity index is 776. The summed E-state index contributed by atoms with van der Waals surface area (Å²) in [7, 11) is 0. The summed E-state index contributed by atoms with van der Waals surface area (Å²) in [5.74, 6) is 0.973. The number of carbonyl (C=O) groups is 1. The highest BCUT2D eigenvalue weighted by Gasteiger charge is 2.19. The molecule has 1 amide bonds. The first kappa shape index (κ1) is 19.6. The second-order valence-corrected chi connectivity index (χ2v) is 6.53. The standard InChI is InChI=1S/C19H24N6O3/c26-19(22-10-9-20-16-4-6-17(7-5-16)25(27)28)15-23-11-13-24(14-12-23)18-3-1-2-8-21-18/h1-8,20H,9-15H2,(H,22,26). The van der Waals surface area contributed by atoms with Crippen molar-refractivity contribution in [3.63, 3.8) is 0 Å². The molecule has 2 N–H and O–H groups in total. The van der Waals surface area contributed by atoms with Crippen LogP contribution < -0.4 is 15.5 Å². The number of anilines is 2. The third kappa shape index (κ3) is 5.65. The number of benzene rings is 1. The van der Waals surface area contributed by atoms with Gasteiger partial charge in [0.1, 0.15) is 5.82 Å². The molecule has 1 aliphatic rings. The van der Waals surface area contributed by atoms with E-state index in [1.54, 1.807) is 18.3 Å². The van der Waals surface area contributed by atoms with Crippen molar-refractivity contribution < 1.29 is 9.72 Å². The zero-order valence-electron chi connectivity index (χ0n) is 15.6. The lowest BCUT2D eigenvalue weighted by Crippen LogP contribution is -2.50. The quantitative estimate of drug-likeness (QED) is 0.402. The summed E-state index contributed by atoms with van der Waals surface area (Å²) in [4.78, 5) is 31.0. The second kappa shape index (κ2) is 9.65. The highest BCUT2D eigenvalue weighted by atomic mass is 16.6. The molecule has 1 aromatic carbocycles. The molecular weight excluding hydrogens is 360 g/mol. The SMILES string of the molecule is O=C(CN1CCN(c2ccccn2)CC1)NCCNc1ccc([N+](=O)[O-])cc1. The van der Waals surface area contributed by atoms with Crippen LogP contribution in [0.15, 0.2) is 48.7 Å². The minimum Gasteiger partial charge on any atom is -0.383 e. The molecule has 0 bridgehead atoms. The van der Waals surface area contributed by atoms with Crippen molar-refractivity contribution >= 4 is 23.1 Å². The van der Waals surface area contributed by atoms with Crippen LogP contribution in [0.4, 0.5) is 17.2 Å². The van der Waals surface area contributed by atoms with E-state index in [2.05, 4.69) is 25.4 Å². The molecule has 0 unspecified atom stereocenters. The Morgan fingerprint density at radius 2 is 1.82 bits per heavy atom. The van der Waals surface area contributed by atoms with Gasteiger partial charge in [0.2, 0.25) is 5.91 Å². The Morgan fingerprint density at radius 3 is 2.46 bits per heavy atom. The average Bonchev–Trinajstić information content (AvgIpc) is 2.73. The van der Waals surface area contributed by atoms with E-state index >= 15 is 0 Å². The van der Waals surface area contributed by atoms with E-state index in [4.69, 9.17) is 0 Å². The molecule has 2 heterocycles. The monoisotopic (exact) mass is 384 g/mol. The van der Waals surface area contributed by atoms with Crippen LogP contribution in [0, 0.1) is 10.1 Å². The van der Waals surface area contributed by atoms with Crippen molar-refractivity contribution in [2.24, 2.45) is 0 Å². The van der Waals surface area contributed by atoms with Crippen molar-refractivity contribution in [2.75, 3.05) is 56.0 Å². The first-order chi connectivity index (χ1) is 13.6. The minimum atomic E-state index is -0.430. The number of nitro groups is 1. The van der Waals surface area contributed by atoms with Gasteiger partial charge in [-0.05, 0) is 24.3 Å². The van der Waals surface area contributed by atoms with Gasteiger partial charge in [-0.1, -0.05) is 6.07 Å². The molecule has 9 nitrogen and oxygen atoms in total. The number of nitrogens with one attached hydrogen (secondary N) is 2. The van der Waals surface area contributed by atoms with Gasteiger partial charge in [-0.3, -0.25) is 19.8 Å². The van der Waals surface area contributed by atoms with Gasteiger partial charge in [0.05, 0.1) is 11.5 Å². The Hall–Kier alpha value is -3.20. The Morgan fingerprint density at radius 1 is 1.07 bits per heavy atom. The van der Waals surface area contributed by atoms with E-state index in [0.29, 0.717) is 19.6 Å². The summed E-state index contributed by atoms with van der Waals surface area (Å²) in [5.41, 5.74) is 0.840. The van der Waals surface area contributed by atoms with Crippen molar-refractivity contribution in [3.8, 4) is 0 Å². The van der Waals surface area contributed by atoms with Crippen LogP contribution in [0.3, 0.4) is 0 Å². The molecule has 0 saturated carbocycles. The third-order valence-corrected chi connectivity index (χ3v) is 4.57. The number of rotatable bonds is 8. The predicted octanol–water partition coefficient (Wildman–Crippen LogP) is 1.34. The van der Waals surface area contributed by atoms with E-state index in [-0.39, 0.29) is 11.6 Å².